The number of hydrazone groups is 1. The molecule has 10 heteroatoms. The lowest BCUT2D eigenvalue weighted by atomic mass is 10.1. The normalized spacial score (nSPS) is 10.6. The fourth-order valence-electron chi connectivity index (χ4n) is 3.57. The van der Waals surface area contributed by atoms with E-state index in [2.05, 4.69) is 10.5 Å². The number of hydrogen-bond acceptors (Lipinski definition) is 8. The van der Waals surface area contributed by atoms with Crippen molar-refractivity contribution in [3.8, 4) is 28.4 Å². The molecule has 4 rings (SSSR count). The highest BCUT2D eigenvalue weighted by Crippen LogP contribution is 2.29. The standard InChI is InChI=1S/C30H25N3O7/c1-2-38-28-18-21(8-17-27(28)40-30(35)24-9-13-25(14-10-24)33(36)37)19-31-32-29(34)20-39-26-15-11-23(12-16-26)22-6-4-3-5-7-22/h3-19H,2,20H2,1H3,(H,32,34)/b31-19-. The smallest absolute Gasteiger partial charge is 0.343 e. The Kier molecular flexibility index (Phi) is 9.17. The van der Waals surface area contributed by atoms with Gasteiger partial charge >= 0.3 is 5.97 Å². The molecule has 4 aromatic carbocycles. The molecule has 0 fully saturated rings. The summed E-state index contributed by atoms with van der Waals surface area (Å²) in [5.74, 6) is -0.131. The molecule has 4 aromatic rings. The van der Waals surface area contributed by atoms with E-state index in [1.165, 1.54) is 36.5 Å². The highest BCUT2D eigenvalue weighted by Gasteiger charge is 2.15. The van der Waals surface area contributed by atoms with Crippen molar-refractivity contribution in [1.82, 2.24) is 5.43 Å². The number of rotatable bonds is 11. The van der Waals surface area contributed by atoms with Gasteiger partial charge in [-0.2, -0.15) is 5.10 Å². The molecule has 0 aliphatic heterocycles. The Balaban J connectivity index is 1.31. The molecule has 0 aliphatic rings. The van der Waals surface area contributed by atoms with Crippen molar-refractivity contribution in [1.29, 1.82) is 0 Å². The number of ether oxygens (including phenoxy) is 3. The maximum Gasteiger partial charge on any atom is 0.343 e. The van der Waals surface area contributed by atoms with Crippen LogP contribution in [0.3, 0.4) is 0 Å². The Morgan fingerprint density at radius 1 is 0.875 bits per heavy atom. The number of amides is 1. The second kappa shape index (κ2) is 13.3. The van der Waals surface area contributed by atoms with Gasteiger partial charge in [-0.1, -0.05) is 42.5 Å². The molecule has 0 unspecified atom stereocenters. The molecule has 1 N–H and O–H groups in total. The van der Waals surface area contributed by atoms with Gasteiger partial charge in [0.25, 0.3) is 11.6 Å². The van der Waals surface area contributed by atoms with Crippen LogP contribution in [0.1, 0.15) is 22.8 Å². The van der Waals surface area contributed by atoms with Gasteiger partial charge in [-0.3, -0.25) is 14.9 Å². The second-order valence-electron chi connectivity index (χ2n) is 8.30. The second-order valence-corrected chi connectivity index (χ2v) is 8.30. The molecule has 40 heavy (non-hydrogen) atoms. The van der Waals surface area contributed by atoms with Gasteiger partial charge in [0.2, 0.25) is 0 Å². The van der Waals surface area contributed by atoms with E-state index in [-0.39, 0.29) is 29.4 Å². The van der Waals surface area contributed by atoms with Crippen molar-refractivity contribution < 1.29 is 28.7 Å². The Bertz CT molecular complexity index is 1500. The molecule has 0 bridgehead atoms. The lowest BCUT2D eigenvalue weighted by molar-refractivity contribution is -0.384. The zero-order chi connectivity index (χ0) is 28.3. The van der Waals surface area contributed by atoms with Crippen molar-refractivity contribution in [3.05, 3.63) is 118 Å². The highest BCUT2D eigenvalue weighted by atomic mass is 16.6. The van der Waals surface area contributed by atoms with Gasteiger partial charge < -0.3 is 14.2 Å². The minimum atomic E-state index is -0.695. The Labute approximate surface area is 230 Å². The van der Waals surface area contributed by atoms with Crippen LogP contribution < -0.4 is 19.6 Å². The number of nitrogens with zero attached hydrogens (tertiary/aromatic N) is 2. The van der Waals surface area contributed by atoms with E-state index in [0.29, 0.717) is 17.9 Å². The summed E-state index contributed by atoms with van der Waals surface area (Å²) in [6, 6.07) is 27.2. The SMILES string of the molecule is CCOc1cc(/C=N\NC(=O)COc2ccc(-c3ccccc3)cc2)ccc1OC(=O)c1ccc([N+](=O)[O-])cc1. The highest BCUT2D eigenvalue weighted by molar-refractivity contribution is 5.92. The van der Waals surface area contributed by atoms with E-state index in [1.807, 2.05) is 42.5 Å². The molecule has 1 amide bonds. The van der Waals surface area contributed by atoms with Crippen LogP contribution in [-0.4, -0.2) is 36.2 Å². The van der Waals surface area contributed by atoms with Crippen LogP contribution in [0.2, 0.25) is 0 Å². The monoisotopic (exact) mass is 539 g/mol. The van der Waals surface area contributed by atoms with Crippen LogP contribution in [0.4, 0.5) is 5.69 Å². The molecule has 0 saturated heterocycles. The van der Waals surface area contributed by atoms with Crippen LogP contribution in [0, 0.1) is 10.1 Å². The largest absolute Gasteiger partial charge is 0.490 e. The summed E-state index contributed by atoms with van der Waals surface area (Å²) >= 11 is 0. The fourth-order valence-corrected chi connectivity index (χ4v) is 3.57. The Morgan fingerprint density at radius 3 is 2.25 bits per heavy atom. The number of carbonyl (C=O) groups excluding carboxylic acids is 2. The Morgan fingerprint density at radius 2 is 1.57 bits per heavy atom. The lowest BCUT2D eigenvalue weighted by Gasteiger charge is -2.11. The van der Waals surface area contributed by atoms with Gasteiger partial charge in [0.1, 0.15) is 5.75 Å². The predicted octanol–water partition coefficient (Wildman–Crippen LogP) is 5.41. The van der Waals surface area contributed by atoms with E-state index in [0.717, 1.165) is 11.1 Å². The van der Waals surface area contributed by atoms with Gasteiger partial charge in [0, 0.05) is 12.1 Å². The van der Waals surface area contributed by atoms with Gasteiger partial charge in [0.15, 0.2) is 18.1 Å². The van der Waals surface area contributed by atoms with Crippen LogP contribution in [0.15, 0.2) is 102 Å². The van der Waals surface area contributed by atoms with Crippen LogP contribution in [0.5, 0.6) is 17.2 Å². The summed E-state index contributed by atoms with van der Waals surface area (Å²) in [6.45, 7) is 1.87. The van der Waals surface area contributed by atoms with Crippen molar-refractivity contribution in [3.63, 3.8) is 0 Å². The summed E-state index contributed by atoms with van der Waals surface area (Å²) in [7, 11) is 0. The summed E-state index contributed by atoms with van der Waals surface area (Å²) in [6.07, 6.45) is 1.41. The minimum Gasteiger partial charge on any atom is -0.490 e. The summed E-state index contributed by atoms with van der Waals surface area (Å²) < 4.78 is 16.5. The first-order chi connectivity index (χ1) is 19.4. The quantitative estimate of drug-likeness (QED) is 0.0887. The molecule has 0 spiro atoms. The van der Waals surface area contributed by atoms with Gasteiger partial charge in [-0.15, -0.1) is 0 Å². The molecule has 0 saturated carbocycles. The first-order valence-corrected chi connectivity index (χ1v) is 12.3. The van der Waals surface area contributed by atoms with Crippen molar-refractivity contribution in [2.24, 2.45) is 5.10 Å². The third kappa shape index (κ3) is 7.51. The van der Waals surface area contributed by atoms with E-state index in [9.17, 15) is 19.7 Å². The number of esters is 1. The van der Waals surface area contributed by atoms with Crippen molar-refractivity contribution >= 4 is 23.8 Å². The first kappa shape index (κ1) is 27.5. The summed E-state index contributed by atoms with van der Waals surface area (Å²) in [4.78, 5) is 34.9. The van der Waals surface area contributed by atoms with Crippen LogP contribution >= 0.6 is 0 Å². The zero-order valence-corrected chi connectivity index (χ0v) is 21.5. The number of nitrogens with one attached hydrogen (secondary N) is 1. The third-order valence-electron chi connectivity index (χ3n) is 5.52. The maximum absolute atomic E-state index is 12.5. The average Bonchev–Trinajstić information content (AvgIpc) is 2.98. The molecule has 0 heterocycles. The molecule has 0 aliphatic carbocycles. The molecule has 10 nitrogen and oxygen atoms in total. The number of benzene rings is 4. The topological polar surface area (TPSA) is 129 Å². The van der Waals surface area contributed by atoms with Crippen LogP contribution in [0.25, 0.3) is 11.1 Å². The fraction of sp³-hybridized carbons (Fsp3) is 0.100. The number of hydrogen-bond donors (Lipinski definition) is 1. The minimum absolute atomic E-state index is 0.133. The van der Waals surface area contributed by atoms with Gasteiger partial charge in [-0.05, 0) is 66.1 Å². The molecule has 0 atom stereocenters. The third-order valence-corrected chi connectivity index (χ3v) is 5.52. The maximum atomic E-state index is 12.5. The molecular weight excluding hydrogens is 514 g/mol. The molecule has 0 radical (unpaired) electrons. The number of nitro groups is 1. The van der Waals surface area contributed by atoms with Gasteiger partial charge in [-0.25, -0.2) is 10.2 Å². The number of non-ortho nitro benzene ring substituents is 1. The molecular formula is C30H25N3O7. The Hall–Kier alpha value is -5.51. The summed E-state index contributed by atoms with van der Waals surface area (Å²) in [5, 5.41) is 14.8. The molecule has 0 aromatic heterocycles. The van der Waals surface area contributed by atoms with Crippen LogP contribution in [-0.2, 0) is 4.79 Å². The van der Waals surface area contributed by atoms with Crippen molar-refractivity contribution in [2.75, 3.05) is 13.2 Å². The molecule has 202 valence electrons. The van der Waals surface area contributed by atoms with Gasteiger partial charge in [0.05, 0.1) is 23.3 Å². The van der Waals surface area contributed by atoms with E-state index in [4.69, 9.17) is 14.2 Å². The summed E-state index contributed by atoms with van der Waals surface area (Å²) in [5.41, 5.74) is 5.13. The van der Waals surface area contributed by atoms with E-state index >= 15 is 0 Å². The number of carbonyl (C=O) groups is 2. The van der Waals surface area contributed by atoms with E-state index < -0.39 is 16.8 Å². The number of nitro benzene ring substituents is 1. The average molecular weight is 540 g/mol. The van der Waals surface area contributed by atoms with Crippen molar-refractivity contribution in [2.45, 2.75) is 6.92 Å². The zero-order valence-electron chi connectivity index (χ0n) is 21.5. The lowest BCUT2D eigenvalue weighted by Crippen LogP contribution is -2.24. The van der Waals surface area contributed by atoms with E-state index in [1.54, 1.807) is 31.2 Å². The first-order valence-electron chi connectivity index (χ1n) is 12.3. The predicted molar refractivity (Wildman–Crippen MR) is 149 cm³/mol.